The Morgan fingerprint density at radius 3 is 2.30 bits per heavy atom. The first-order valence-corrected chi connectivity index (χ1v) is 15.2. The molecule has 6 rings (SSSR count). The fraction of sp³-hybridized carbons (Fsp3) is 0.143. The van der Waals surface area contributed by atoms with Crippen LogP contribution in [0.5, 0.6) is 0 Å². The maximum Gasteiger partial charge on any atom is 0.254 e. The Balaban J connectivity index is 1.14. The highest BCUT2D eigenvalue weighted by Crippen LogP contribution is 2.27. The molecule has 0 saturated carbocycles. The third-order valence-electron chi connectivity index (χ3n) is 6.62. The van der Waals surface area contributed by atoms with Gasteiger partial charge in [-0.3, -0.25) is 4.79 Å². The molecule has 0 bridgehead atoms. The molecule has 12 heteroatoms. The minimum Gasteiger partial charge on any atom is -0.329 e. The van der Waals surface area contributed by atoms with Gasteiger partial charge in [-0.05, 0) is 59.7 Å². The molecule has 3 heterocycles. The number of benzene rings is 3. The molecule has 8 nitrogen and oxygen atoms in total. The van der Waals surface area contributed by atoms with Crippen LogP contribution in [0.4, 0.5) is 4.39 Å². The molecule has 0 spiro atoms. The van der Waals surface area contributed by atoms with Crippen LogP contribution in [0, 0.1) is 5.82 Å². The van der Waals surface area contributed by atoms with E-state index in [1.54, 1.807) is 46.7 Å². The highest BCUT2D eigenvalue weighted by molar-refractivity contribution is 7.90. The van der Waals surface area contributed by atoms with E-state index < -0.39 is 9.84 Å². The number of hydrogen-bond acceptors (Lipinski definition) is 7. The lowest BCUT2D eigenvalue weighted by Gasteiger charge is -2.27. The number of amides is 1. The minimum atomic E-state index is -3.58. The first-order valence-electron chi connectivity index (χ1n) is 12.3. The number of hydrogen-bond donors (Lipinski definition) is 0. The Morgan fingerprint density at radius 1 is 0.925 bits per heavy atom. The summed E-state index contributed by atoms with van der Waals surface area (Å²) in [5, 5.41) is 11.3. The smallest absolute Gasteiger partial charge is 0.254 e. The molecule has 1 amide bonds. The number of carbonyl (C=O) groups excluding carboxylic acids is 1. The van der Waals surface area contributed by atoms with E-state index in [1.165, 1.54) is 35.6 Å². The average Bonchev–Trinajstić information content (AvgIpc) is 3.59. The van der Waals surface area contributed by atoms with E-state index in [2.05, 4.69) is 15.2 Å². The van der Waals surface area contributed by atoms with Crippen LogP contribution in [0.15, 0.2) is 83.1 Å². The van der Waals surface area contributed by atoms with Crippen molar-refractivity contribution in [2.24, 2.45) is 0 Å². The number of sulfone groups is 1. The fourth-order valence-electron chi connectivity index (χ4n) is 4.52. The topological polar surface area (TPSA) is 98.0 Å². The molecule has 0 aliphatic carbocycles. The summed E-state index contributed by atoms with van der Waals surface area (Å²) in [5.41, 5.74) is 2.85. The summed E-state index contributed by atoms with van der Waals surface area (Å²) >= 11 is 7.12. The van der Waals surface area contributed by atoms with Crippen molar-refractivity contribution in [2.75, 3.05) is 6.54 Å². The first kappa shape index (κ1) is 26.3. The molecule has 1 aliphatic heterocycles. The quantitative estimate of drug-likeness (QED) is 0.258. The number of thiazole rings is 1. The molecule has 0 radical (unpaired) electrons. The van der Waals surface area contributed by atoms with Gasteiger partial charge in [0, 0.05) is 29.1 Å². The SMILES string of the molecule is O=C(c1ccc(-c2ccc(F)cc2)cc1)N1CCn2c(nnc2-c2csc(CS(=O)(=O)c3ccc(Cl)cc3)n2)C1. The minimum absolute atomic E-state index is 0.121. The predicted octanol–water partition coefficient (Wildman–Crippen LogP) is 5.49. The Labute approximate surface area is 238 Å². The van der Waals surface area contributed by atoms with Crippen LogP contribution in [0.2, 0.25) is 5.02 Å². The summed E-state index contributed by atoms with van der Waals surface area (Å²) in [6, 6.07) is 19.5. The molecular weight excluding hydrogens is 573 g/mol. The molecule has 0 fully saturated rings. The normalized spacial score (nSPS) is 13.3. The van der Waals surface area contributed by atoms with Crippen LogP contribution >= 0.6 is 22.9 Å². The van der Waals surface area contributed by atoms with E-state index in [-0.39, 0.29) is 28.9 Å². The van der Waals surface area contributed by atoms with E-state index in [9.17, 15) is 17.6 Å². The van der Waals surface area contributed by atoms with Gasteiger partial charge in [-0.2, -0.15) is 0 Å². The maximum absolute atomic E-state index is 13.2. The Hall–Kier alpha value is -3.93. The van der Waals surface area contributed by atoms with Crippen molar-refractivity contribution < 1.29 is 17.6 Å². The Morgan fingerprint density at radius 2 is 1.60 bits per heavy atom. The fourth-order valence-corrected chi connectivity index (χ4v) is 7.05. The first-order chi connectivity index (χ1) is 19.3. The van der Waals surface area contributed by atoms with Crippen molar-refractivity contribution in [3.63, 3.8) is 0 Å². The summed E-state index contributed by atoms with van der Waals surface area (Å²) in [7, 11) is -3.58. The summed E-state index contributed by atoms with van der Waals surface area (Å²) in [6.07, 6.45) is 0. The van der Waals surface area contributed by atoms with E-state index in [0.717, 1.165) is 11.1 Å². The summed E-state index contributed by atoms with van der Waals surface area (Å²) in [4.78, 5) is 19.6. The zero-order valence-corrected chi connectivity index (χ0v) is 23.3. The molecule has 40 heavy (non-hydrogen) atoms. The van der Waals surface area contributed by atoms with Crippen LogP contribution in [-0.2, 0) is 28.7 Å². The average molecular weight is 594 g/mol. The van der Waals surface area contributed by atoms with E-state index in [0.29, 0.717) is 46.0 Å². The third kappa shape index (κ3) is 5.27. The van der Waals surface area contributed by atoms with Gasteiger partial charge in [0.15, 0.2) is 21.5 Å². The van der Waals surface area contributed by atoms with Gasteiger partial charge >= 0.3 is 0 Å². The number of aromatic nitrogens is 4. The van der Waals surface area contributed by atoms with Crippen molar-refractivity contribution in [3.8, 4) is 22.6 Å². The molecule has 202 valence electrons. The van der Waals surface area contributed by atoms with Gasteiger partial charge < -0.3 is 9.47 Å². The highest BCUT2D eigenvalue weighted by Gasteiger charge is 2.27. The molecular formula is C28H21ClFN5O3S2. The van der Waals surface area contributed by atoms with Gasteiger partial charge in [-0.1, -0.05) is 35.9 Å². The van der Waals surface area contributed by atoms with Gasteiger partial charge in [-0.25, -0.2) is 17.8 Å². The second-order valence-corrected chi connectivity index (χ2v) is 12.6. The largest absolute Gasteiger partial charge is 0.329 e. The third-order valence-corrected chi connectivity index (χ3v) is 9.54. The lowest BCUT2D eigenvalue weighted by atomic mass is 10.0. The Bertz CT molecular complexity index is 1800. The molecule has 0 saturated heterocycles. The van der Waals surface area contributed by atoms with E-state index in [1.807, 2.05) is 16.7 Å². The highest BCUT2D eigenvalue weighted by atomic mass is 35.5. The van der Waals surface area contributed by atoms with E-state index >= 15 is 0 Å². The van der Waals surface area contributed by atoms with Gasteiger partial charge in [0.05, 0.1) is 11.4 Å². The van der Waals surface area contributed by atoms with Crippen LogP contribution in [0.25, 0.3) is 22.6 Å². The zero-order valence-electron chi connectivity index (χ0n) is 20.9. The van der Waals surface area contributed by atoms with Crippen molar-refractivity contribution in [3.05, 3.63) is 105 Å². The molecule has 0 N–H and O–H groups in total. The van der Waals surface area contributed by atoms with Crippen LogP contribution in [-0.4, -0.2) is 45.5 Å². The van der Waals surface area contributed by atoms with Crippen molar-refractivity contribution in [1.29, 1.82) is 0 Å². The number of carbonyl (C=O) groups is 1. The van der Waals surface area contributed by atoms with Gasteiger partial charge in [0.25, 0.3) is 5.91 Å². The summed E-state index contributed by atoms with van der Waals surface area (Å²) in [5.74, 6) is 0.513. The van der Waals surface area contributed by atoms with Gasteiger partial charge in [0.1, 0.15) is 22.3 Å². The van der Waals surface area contributed by atoms with Crippen molar-refractivity contribution in [2.45, 2.75) is 23.7 Å². The maximum atomic E-state index is 13.2. The number of rotatable bonds is 6. The van der Waals surface area contributed by atoms with Crippen molar-refractivity contribution in [1.82, 2.24) is 24.6 Å². The van der Waals surface area contributed by atoms with Gasteiger partial charge in [-0.15, -0.1) is 21.5 Å². The lowest BCUT2D eigenvalue weighted by Crippen LogP contribution is -2.38. The monoisotopic (exact) mass is 593 g/mol. The summed E-state index contributed by atoms with van der Waals surface area (Å²) in [6.45, 7) is 1.22. The van der Waals surface area contributed by atoms with Crippen LogP contribution in [0.1, 0.15) is 21.2 Å². The molecule has 3 aromatic carbocycles. The number of halogens is 2. The Kier molecular flexibility index (Phi) is 6.95. The second kappa shape index (κ2) is 10.6. The summed E-state index contributed by atoms with van der Waals surface area (Å²) < 4.78 is 40.7. The second-order valence-electron chi connectivity index (χ2n) is 9.24. The standard InChI is InChI=1S/C28H21ClFN5O3S2/c29-21-7-11-23(12-8-21)40(37,38)17-26-31-24(16-39-26)27-33-32-25-15-34(13-14-35(25)27)28(36)20-3-1-18(2-4-20)19-5-9-22(30)10-6-19/h1-12,16H,13-15,17H2. The molecule has 1 aliphatic rings. The lowest BCUT2D eigenvalue weighted by molar-refractivity contribution is 0.0708. The predicted molar refractivity (Wildman–Crippen MR) is 150 cm³/mol. The van der Waals surface area contributed by atoms with Crippen molar-refractivity contribution >= 4 is 38.7 Å². The molecule has 5 aromatic rings. The van der Waals surface area contributed by atoms with Crippen LogP contribution < -0.4 is 0 Å². The number of fused-ring (bicyclic) bond motifs is 1. The zero-order chi connectivity index (χ0) is 27.9. The molecule has 2 aromatic heterocycles. The number of nitrogens with zero attached hydrogens (tertiary/aromatic N) is 5. The van der Waals surface area contributed by atoms with E-state index in [4.69, 9.17) is 11.6 Å². The molecule has 0 unspecified atom stereocenters. The van der Waals surface area contributed by atoms with Gasteiger partial charge in [0.2, 0.25) is 0 Å². The van der Waals surface area contributed by atoms with Crippen LogP contribution in [0.3, 0.4) is 0 Å². The molecule has 0 atom stereocenters.